The van der Waals surface area contributed by atoms with Gasteiger partial charge in [-0.25, -0.2) is 0 Å². The van der Waals surface area contributed by atoms with Gasteiger partial charge in [0.2, 0.25) is 0 Å². The molecule has 0 unspecified atom stereocenters. The molecule has 6 nitrogen and oxygen atoms in total. The molecule has 117 heavy (non-hydrogen) atoms. The minimum absolute atomic E-state index is 0.398. The van der Waals surface area contributed by atoms with Gasteiger partial charge in [-0.15, -0.1) is 0 Å². The van der Waals surface area contributed by atoms with Crippen LogP contribution in [0, 0.1) is 0 Å². The molecule has 0 amide bonds. The zero-order chi connectivity index (χ0) is 76.8. The highest BCUT2D eigenvalue weighted by atomic mass is 15.0. The Labute approximate surface area is 674 Å². The minimum Gasteiger partial charge on any atom is -0.309 e. The van der Waals surface area contributed by atoms with Gasteiger partial charge in [0.15, 0.2) is 0 Å². The van der Waals surface area contributed by atoms with E-state index >= 15 is 0 Å². The predicted octanol–water partition coefficient (Wildman–Crippen LogP) is 28.4. The Bertz CT molecular complexity index is 7940. The zero-order valence-corrected chi connectivity index (χ0v) is 63.4. The van der Waals surface area contributed by atoms with E-state index in [0.29, 0.717) is 0 Å². The minimum atomic E-state index is -0.398. The molecule has 0 radical (unpaired) electrons. The Kier molecular flexibility index (Phi) is 14.9. The molecule has 0 bridgehead atoms. The number of rotatable bonds is 8. The third-order valence-corrected chi connectivity index (χ3v) is 25.0. The number of hydrogen-bond acceptors (Lipinski definition) is 4. The second-order valence-electron chi connectivity index (χ2n) is 31.0. The summed E-state index contributed by atoms with van der Waals surface area (Å²) in [6, 6.07) is 143. The summed E-state index contributed by atoms with van der Waals surface area (Å²) in [7, 11) is 0. The van der Waals surface area contributed by atoms with Crippen LogP contribution < -0.4 is 0 Å². The second-order valence-corrected chi connectivity index (χ2v) is 31.0. The molecule has 0 N–H and O–H groups in total. The Balaban J connectivity index is 0.000000141. The van der Waals surface area contributed by atoms with E-state index in [1.165, 1.54) is 176 Å². The topological polar surface area (TPSA) is 61.4 Å². The normalized spacial score (nSPS) is 12.5. The van der Waals surface area contributed by atoms with E-state index in [9.17, 15) is 0 Å². The third-order valence-electron chi connectivity index (χ3n) is 25.0. The summed E-state index contributed by atoms with van der Waals surface area (Å²) in [5.41, 5.74) is 35.4. The van der Waals surface area contributed by atoms with Crippen LogP contribution in [0.1, 0.15) is 22.3 Å². The third kappa shape index (κ3) is 10.1. The van der Waals surface area contributed by atoms with Gasteiger partial charge in [-0.1, -0.05) is 297 Å². The van der Waals surface area contributed by atoms with Crippen molar-refractivity contribution in [2.45, 2.75) is 5.41 Å². The van der Waals surface area contributed by atoms with Gasteiger partial charge in [0, 0.05) is 79.3 Å². The molecule has 542 valence electrons. The SMILES string of the molecule is c1ccc(-c2ccc3c(c2)c2cc(-c4ccccc4-c4ccc5c(c4)c4ccccc4c4nccnc54)ccc2n3-c2ccccc2)cc1.c1ccc(-n2c3ccc(-c4ccc5c(c4)C4(c6ccccc6-c6ccccc64)c4ccccc4-5)cc3c3cc(-c4ccccc4-c4ccc5c(c4)c4ccccc4c4nccnc54)ccc32)cc1. The van der Waals surface area contributed by atoms with E-state index in [-0.39, 0.29) is 0 Å². The molecule has 0 saturated carbocycles. The fraction of sp³-hybridized carbons (Fsp3) is 0.00901. The summed E-state index contributed by atoms with van der Waals surface area (Å²) in [6.45, 7) is 0. The molecule has 0 aliphatic heterocycles. The molecule has 0 fully saturated rings. The van der Waals surface area contributed by atoms with Crippen molar-refractivity contribution in [2.24, 2.45) is 0 Å². The van der Waals surface area contributed by atoms with Crippen molar-refractivity contribution in [3.8, 4) is 100 Å². The van der Waals surface area contributed by atoms with Gasteiger partial charge in [0.05, 0.1) is 49.5 Å². The molecule has 4 heterocycles. The van der Waals surface area contributed by atoms with E-state index in [1.807, 2.05) is 0 Å². The first-order valence-corrected chi connectivity index (χ1v) is 40.1. The van der Waals surface area contributed by atoms with Crippen LogP contribution in [0.2, 0.25) is 0 Å². The molecule has 2 aliphatic carbocycles. The highest BCUT2D eigenvalue weighted by molar-refractivity contribution is 6.25. The van der Waals surface area contributed by atoms with Gasteiger partial charge < -0.3 is 9.13 Å². The average molecular weight is 1490 g/mol. The van der Waals surface area contributed by atoms with Gasteiger partial charge in [0.25, 0.3) is 0 Å². The van der Waals surface area contributed by atoms with Crippen LogP contribution in [-0.4, -0.2) is 29.1 Å². The molecule has 0 saturated heterocycles. The molecular formula is C111H68N6. The number of aromatic nitrogens is 6. The quantitative estimate of drug-likeness (QED) is 0.142. The molecule has 19 aromatic carbocycles. The molecule has 1 spiro atoms. The van der Waals surface area contributed by atoms with Gasteiger partial charge in [-0.2, -0.15) is 0 Å². The average Bonchev–Trinajstić information content (AvgIpc) is 1.50. The smallest absolute Gasteiger partial charge is 0.0971 e. The largest absolute Gasteiger partial charge is 0.309 e. The standard InChI is InChI=1S/C65H39N3.C46H29N3/c1-2-14-44(15-3-1)68-61-32-28-40(41-26-30-51-50-21-10-13-25-59(50)65(60(51)39-41)57-23-11-8-19-48(57)49-20-9-12-24-58(49)65)36-55(61)56-38-43(29-33-62(56)68)46-17-5-4-16-45(46)42-27-31-53-54(37-42)47-18-6-7-22-52(47)63-64(53)67-35-34-66-63;1-3-11-30(12-4-1)31-20-23-43-41(27-31)42-29-33(21-24-44(42)49(43)34-13-5-2-6-14-34)36-16-8-7-15-35(36)32-19-22-39-40(28-32)37-17-9-10-18-38(37)45-46(39)48-26-25-47-45/h1-39H;1-29H. The van der Waals surface area contributed by atoms with Crippen LogP contribution in [0.25, 0.3) is 209 Å². The molecular weight excluding hydrogens is 1420 g/mol. The van der Waals surface area contributed by atoms with E-state index in [2.05, 4.69) is 397 Å². The lowest BCUT2D eigenvalue weighted by molar-refractivity contribution is 0.794. The first-order valence-electron chi connectivity index (χ1n) is 40.1. The van der Waals surface area contributed by atoms with Crippen molar-refractivity contribution >= 4 is 109 Å². The first kappa shape index (κ1) is 66.1. The summed E-state index contributed by atoms with van der Waals surface area (Å²) < 4.78 is 4.81. The lowest BCUT2D eigenvalue weighted by Crippen LogP contribution is -2.25. The predicted molar refractivity (Wildman–Crippen MR) is 487 cm³/mol. The van der Waals surface area contributed by atoms with Crippen LogP contribution in [0.15, 0.2) is 413 Å². The maximum atomic E-state index is 4.82. The molecule has 23 aromatic rings. The summed E-state index contributed by atoms with van der Waals surface area (Å²) in [5, 5.41) is 14.1. The highest BCUT2D eigenvalue weighted by Crippen LogP contribution is 2.63. The Hall–Kier alpha value is -15.5. The highest BCUT2D eigenvalue weighted by Gasteiger charge is 2.51. The van der Waals surface area contributed by atoms with Crippen molar-refractivity contribution in [1.29, 1.82) is 0 Å². The van der Waals surface area contributed by atoms with Gasteiger partial charge in [-0.05, 0) is 224 Å². The monoisotopic (exact) mass is 1480 g/mol. The van der Waals surface area contributed by atoms with Crippen molar-refractivity contribution in [3.63, 3.8) is 0 Å². The van der Waals surface area contributed by atoms with Crippen LogP contribution in [0.4, 0.5) is 0 Å². The van der Waals surface area contributed by atoms with Gasteiger partial charge >= 0.3 is 0 Å². The summed E-state index contributed by atoms with van der Waals surface area (Å²) in [6.07, 6.45) is 7.15. The van der Waals surface area contributed by atoms with Crippen molar-refractivity contribution in [1.82, 2.24) is 29.1 Å². The fourth-order valence-electron chi connectivity index (χ4n) is 19.9. The lowest BCUT2D eigenvalue weighted by Gasteiger charge is -2.30. The summed E-state index contributed by atoms with van der Waals surface area (Å²) in [4.78, 5) is 19.1. The van der Waals surface area contributed by atoms with Crippen LogP contribution in [0.5, 0.6) is 0 Å². The summed E-state index contributed by atoms with van der Waals surface area (Å²) >= 11 is 0. The first-order chi connectivity index (χ1) is 58.1. The maximum absolute atomic E-state index is 4.82. The van der Waals surface area contributed by atoms with E-state index in [4.69, 9.17) is 19.9 Å². The number of fused-ring (bicyclic) bond motifs is 28. The van der Waals surface area contributed by atoms with Crippen molar-refractivity contribution in [2.75, 3.05) is 0 Å². The van der Waals surface area contributed by atoms with Crippen LogP contribution in [0.3, 0.4) is 0 Å². The number of para-hydroxylation sites is 2. The van der Waals surface area contributed by atoms with Crippen LogP contribution >= 0.6 is 0 Å². The van der Waals surface area contributed by atoms with Crippen LogP contribution in [-0.2, 0) is 5.41 Å². The molecule has 2 aliphatic rings. The molecule has 6 heteroatoms. The van der Waals surface area contributed by atoms with E-state index < -0.39 is 5.41 Å². The number of nitrogens with zero attached hydrogens (tertiary/aromatic N) is 6. The Morgan fingerprint density at radius 1 is 0.162 bits per heavy atom. The molecule has 4 aromatic heterocycles. The van der Waals surface area contributed by atoms with Crippen molar-refractivity contribution < 1.29 is 0 Å². The molecule has 25 rings (SSSR count). The van der Waals surface area contributed by atoms with Gasteiger partial charge in [0.1, 0.15) is 0 Å². The van der Waals surface area contributed by atoms with Gasteiger partial charge in [-0.3, -0.25) is 19.9 Å². The molecule has 0 atom stereocenters. The number of hydrogen-bond donors (Lipinski definition) is 0. The Morgan fingerprint density at radius 2 is 0.427 bits per heavy atom. The fourth-order valence-corrected chi connectivity index (χ4v) is 19.9. The maximum Gasteiger partial charge on any atom is 0.0971 e. The van der Waals surface area contributed by atoms with E-state index in [0.717, 1.165) is 55.0 Å². The Morgan fingerprint density at radius 3 is 0.821 bits per heavy atom. The summed E-state index contributed by atoms with van der Waals surface area (Å²) in [5.74, 6) is 0. The van der Waals surface area contributed by atoms with Crippen molar-refractivity contribution in [3.05, 3.63) is 435 Å². The zero-order valence-electron chi connectivity index (χ0n) is 63.4. The van der Waals surface area contributed by atoms with E-state index in [1.54, 1.807) is 24.8 Å². The second kappa shape index (κ2) is 26.3. The lowest BCUT2D eigenvalue weighted by atomic mass is 9.70. The number of benzene rings is 19.